The Labute approximate surface area is 228 Å². The summed E-state index contributed by atoms with van der Waals surface area (Å²) in [7, 11) is 0. The van der Waals surface area contributed by atoms with Crippen molar-refractivity contribution in [1.29, 1.82) is 0 Å². The van der Waals surface area contributed by atoms with Crippen molar-refractivity contribution in [2.75, 3.05) is 13.1 Å². The SMILES string of the molecule is CC(C)(C)c1[nH]ncc1CN(CCCn1ccnc1)CC1CC=CCC1.O=C(O)CC(O)(CC(=O)O)C(=O)O. The molecule has 0 aromatic carbocycles. The molecule has 3 rings (SSSR count). The van der Waals surface area contributed by atoms with Crippen molar-refractivity contribution in [3.8, 4) is 0 Å². The molecule has 0 fully saturated rings. The van der Waals surface area contributed by atoms with Gasteiger partial charge < -0.3 is 25.0 Å². The van der Waals surface area contributed by atoms with Crippen molar-refractivity contribution in [2.45, 2.75) is 83.4 Å². The Morgan fingerprint density at radius 2 is 1.82 bits per heavy atom. The minimum absolute atomic E-state index is 0.0991. The van der Waals surface area contributed by atoms with Gasteiger partial charge in [-0.2, -0.15) is 5.10 Å². The lowest BCUT2D eigenvalue weighted by molar-refractivity contribution is -0.170. The fraction of sp³-hybridized carbons (Fsp3) is 0.593. The molecule has 216 valence electrons. The molecule has 0 radical (unpaired) electrons. The molecule has 0 saturated carbocycles. The van der Waals surface area contributed by atoms with Crippen molar-refractivity contribution >= 4 is 17.9 Å². The molecule has 39 heavy (non-hydrogen) atoms. The zero-order chi connectivity index (χ0) is 29.1. The zero-order valence-corrected chi connectivity index (χ0v) is 22.9. The lowest BCUT2D eigenvalue weighted by Crippen LogP contribution is -2.42. The smallest absolute Gasteiger partial charge is 0.336 e. The van der Waals surface area contributed by atoms with Crippen molar-refractivity contribution in [3.05, 3.63) is 48.3 Å². The third-order valence-electron chi connectivity index (χ3n) is 6.49. The lowest BCUT2D eigenvalue weighted by Gasteiger charge is -2.29. The molecule has 12 nitrogen and oxygen atoms in total. The van der Waals surface area contributed by atoms with Gasteiger partial charge >= 0.3 is 17.9 Å². The van der Waals surface area contributed by atoms with Crippen molar-refractivity contribution in [2.24, 2.45) is 5.92 Å². The maximum Gasteiger partial charge on any atom is 0.336 e. The Kier molecular flexibility index (Phi) is 11.9. The van der Waals surface area contributed by atoms with Crippen LogP contribution in [0.4, 0.5) is 0 Å². The summed E-state index contributed by atoms with van der Waals surface area (Å²) in [4.78, 5) is 37.3. The molecule has 1 aliphatic rings. The van der Waals surface area contributed by atoms with Gasteiger partial charge in [0.1, 0.15) is 0 Å². The van der Waals surface area contributed by atoms with Crippen LogP contribution in [0.15, 0.2) is 37.1 Å². The van der Waals surface area contributed by atoms with E-state index in [-0.39, 0.29) is 5.41 Å². The van der Waals surface area contributed by atoms with Gasteiger partial charge in [0.15, 0.2) is 5.60 Å². The van der Waals surface area contributed by atoms with E-state index >= 15 is 0 Å². The molecule has 0 aliphatic heterocycles. The first-order valence-corrected chi connectivity index (χ1v) is 13.1. The Hall–Kier alpha value is -3.51. The lowest BCUT2D eigenvalue weighted by atomic mass is 9.89. The molecule has 1 aliphatic carbocycles. The van der Waals surface area contributed by atoms with Crippen LogP contribution in [0.25, 0.3) is 0 Å². The van der Waals surface area contributed by atoms with Crippen LogP contribution in [-0.2, 0) is 32.9 Å². The number of hydrogen-bond acceptors (Lipinski definition) is 7. The number of nitrogens with zero attached hydrogens (tertiary/aromatic N) is 4. The number of allylic oxidation sites excluding steroid dienone is 2. The van der Waals surface area contributed by atoms with Crippen LogP contribution in [-0.4, -0.2) is 81.7 Å². The Balaban J connectivity index is 0.000000349. The average molecular weight is 548 g/mol. The summed E-state index contributed by atoms with van der Waals surface area (Å²) in [5.74, 6) is -4.24. The number of nitrogens with one attached hydrogen (secondary N) is 1. The largest absolute Gasteiger partial charge is 0.481 e. The van der Waals surface area contributed by atoms with Crippen LogP contribution in [0.1, 0.15) is 70.6 Å². The van der Waals surface area contributed by atoms with Crippen LogP contribution in [0, 0.1) is 5.92 Å². The number of aryl methyl sites for hydroxylation is 1. The number of imidazole rings is 1. The minimum atomic E-state index is -2.74. The molecule has 2 heterocycles. The summed E-state index contributed by atoms with van der Waals surface area (Å²) in [5, 5.41) is 41.4. The highest BCUT2D eigenvalue weighted by Crippen LogP contribution is 2.26. The van der Waals surface area contributed by atoms with Gasteiger partial charge in [-0.3, -0.25) is 19.6 Å². The second kappa shape index (κ2) is 14.6. The molecule has 5 N–H and O–H groups in total. The molecule has 0 saturated heterocycles. The van der Waals surface area contributed by atoms with Gasteiger partial charge in [-0.25, -0.2) is 9.78 Å². The number of aliphatic hydroxyl groups is 1. The van der Waals surface area contributed by atoms with Crippen LogP contribution in [0.5, 0.6) is 0 Å². The first-order chi connectivity index (χ1) is 18.3. The van der Waals surface area contributed by atoms with Gasteiger partial charge in [0.2, 0.25) is 0 Å². The zero-order valence-electron chi connectivity index (χ0n) is 22.9. The molecule has 2 aromatic heterocycles. The minimum Gasteiger partial charge on any atom is -0.481 e. The van der Waals surface area contributed by atoms with Crippen molar-refractivity contribution < 1.29 is 34.8 Å². The first-order valence-electron chi connectivity index (χ1n) is 13.1. The second-order valence-corrected chi connectivity index (χ2v) is 11.0. The number of aromatic nitrogens is 4. The quantitative estimate of drug-likeness (QED) is 0.234. The van der Waals surface area contributed by atoms with Crippen molar-refractivity contribution in [3.63, 3.8) is 0 Å². The highest BCUT2D eigenvalue weighted by molar-refractivity contribution is 5.88. The molecule has 1 atom stereocenters. The highest BCUT2D eigenvalue weighted by atomic mass is 16.4. The summed E-state index contributed by atoms with van der Waals surface area (Å²) in [6, 6.07) is 0. The van der Waals surface area contributed by atoms with E-state index in [1.807, 2.05) is 24.9 Å². The predicted molar refractivity (Wildman–Crippen MR) is 143 cm³/mol. The summed E-state index contributed by atoms with van der Waals surface area (Å²) >= 11 is 0. The topological polar surface area (TPSA) is 182 Å². The predicted octanol–water partition coefficient (Wildman–Crippen LogP) is 2.90. The fourth-order valence-electron chi connectivity index (χ4n) is 4.55. The summed E-state index contributed by atoms with van der Waals surface area (Å²) in [5.41, 5.74) is -0.0355. The van der Waals surface area contributed by atoms with Gasteiger partial charge in [-0.1, -0.05) is 32.9 Å². The fourth-order valence-corrected chi connectivity index (χ4v) is 4.55. The monoisotopic (exact) mass is 547 g/mol. The first kappa shape index (κ1) is 31.7. The van der Waals surface area contributed by atoms with Gasteiger partial charge in [0.05, 0.1) is 25.4 Å². The van der Waals surface area contributed by atoms with Crippen LogP contribution in [0.3, 0.4) is 0 Å². The second-order valence-electron chi connectivity index (χ2n) is 11.0. The third-order valence-corrected chi connectivity index (χ3v) is 6.49. The molecule has 0 amide bonds. The highest BCUT2D eigenvalue weighted by Gasteiger charge is 2.40. The summed E-state index contributed by atoms with van der Waals surface area (Å²) in [6.45, 7) is 11.0. The molecule has 12 heteroatoms. The van der Waals surface area contributed by atoms with E-state index in [1.54, 1.807) is 0 Å². The summed E-state index contributed by atoms with van der Waals surface area (Å²) < 4.78 is 2.17. The number of rotatable bonds is 13. The Morgan fingerprint density at radius 1 is 1.13 bits per heavy atom. The number of carboxylic acids is 3. The van der Waals surface area contributed by atoms with Crippen LogP contribution in [0.2, 0.25) is 0 Å². The van der Waals surface area contributed by atoms with Crippen molar-refractivity contribution in [1.82, 2.24) is 24.6 Å². The third kappa shape index (κ3) is 11.0. The maximum atomic E-state index is 10.3. The van der Waals surface area contributed by atoms with E-state index in [4.69, 9.17) is 20.4 Å². The number of carboxylic acid groups (broad SMARTS) is 3. The number of aromatic amines is 1. The number of aliphatic carboxylic acids is 3. The van der Waals surface area contributed by atoms with Crippen LogP contribution < -0.4 is 0 Å². The average Bonchev–Trinajstić information content (AvgIpc) is 3.51. The van der Waals surface area contributed by atoms with E-state index in [0.717, 1.165) is 32.0 Å². The summed E-state index contributed by atoms with van der Waals surface area (Å²) in [6.07, 6.45) is 15.1. The number of hydrogen-bond donors (Lipinski definition) is 5. The van der Waals surface area contributed by atoms with E-state index in [2.05, 4.69) is 57.6 Å². The normalized spacial score (nSPS) is 15.6. The van der Waals surface area contributed by atoms with E-state index in [1.165, 1.54) is 37.1 Å². The van der Waals surface area contributed by atoms with E-state index < -0.39 is 36.4 Å². The van der Waals surface area contributed by atoms with Gasteiger partial charge in [-0.05, 0) is 31.6 Å². The molecule has 0 bridgehead atoms. The molecular weight excluding hydrogens is 506 g/mol. The molecule has 0 spiro atoms. The van der Waals surface area contributed by atoms with Gasteiger partial charge in [0, 0.05) is 55.2 Å². The molecular formula is C27H41N5O7. The molecule has 1 unspecified atom stereocenters. The van der Waals surface area contributed by atoms with E-state index in [0.29, 0.717) is 0 Å². The van der Waals surface area contributed by atoms with Crippen LogP contribution >= 0.6 is 0 Å². The Morgan fingerprint density at radius 3 is 2.33 bits per heavy atom. The van der Waals surface area contributed by atoms with E-state index in [9.17, 15) is 14.4 Å². The van der Waals surface area contributed by atoms with Gasteiger partial charge in [-0.15, -0.1) is 0 Å². The number of carbonyl (C=O) groups is 3. The standard InChI is InChI=1S/C21H33N5.C6H8O7/c1-21(2,3)20-19(14-23-24-20)16-26(15-18-8-5-4-6-9-18)12-7-11-25-13-10-22-17-25;7-3(8)1-6(13,5(11)12)2-4(9)10/h4-5,10,13-14,17-18H,6-9,11-12,15-16H2,1-3H3,(H,23,24);13H,1-2H2,(H,7,8)(H,9,10)(H,11,12). The number of H-pyrrole nitrogens is 1. The maximum absolute atomic E-state index is 10.3. The Bertz CT molecular complexity index is 1070. The van der Waals surface area contributed by atoms with Gasteiger partial charge in [0.25, 0.3) is 0 Å². The molecule has 2 aromatic rings.